The topological polar surface area (TPSA) is 159 Å². The van der Waals surface area contributed by atoms with Crippen molar-refractivity contribution in [1.29, 1.82) is 0 Å². The van der Waals surface area contributed by atoms with Crippen molar-refractivity contribution in [3.05, 3.63) is 137 Å². The van der Waals surface area contributed by atoms with Crippen molar-refractivity contribution in [2.24, 2.45) is 23.7 Å². The second kappa shape index (κ2) is 12.7. The molecule has 2 fully saturated rings. The van der Waals surface area contributed by atoms with Crippen molar-refractivity contribution in [2.75, 3.05) is 11.5 Å². The van der Waals surface area contributed by atoms with Gasteiger partial charge in [-0.1, -0.05) is 78.4 Å². The summed E-state index contributed by atoms with van der Waals surface area (Å²) in [5.41, 5.74) is 1.07. The molecule has 53 heavy (non-hydrogen) atoms. The van der Waals surface area contributed by atoms with Gasteiger partial charge in [0.25, 0.3) is 0 Å². The lowest BCUT2D eigenvalue weighted by Gasteiger charge is -2.55. The summed E-state index contributed by atoms with van der Waals surface area (Å²) in [5, 5.41) is 30.7. The van der Waals surface area contributed by atoms with Crippen molar-refractivity contribution in [1.82, 2.24) is 0 Å². The van der Waals surface area contributed by atoms with E-state index in [1.54, 1.807) is 43.3 Å². The summed E-state index contributed by atoms with van der Waals surface area (Å²) in [6.45, 7) is 2.05. The maximum Gasteiger partial charge on any atom is 0.339 e. The van der Waals surface area contributed by atoms with E-state index in [-0.39, 0.29) is 59.3 Å². The average Bonchev–Trinajstić information content (AvgIpc) is 3.42. The van der Waals surface area contributed by atoms with Gasteiger partial charge in [-0.2, -0.15) is 0 Å². The fraction of sp³-hybridized carbons (Fsp3) is 0.233. The fourth-order valence-corrected chi connectivity index (χ4v) is 9.33. The third-order valence-corrected chi connectivity index (χ3v) is 11.5. The number of aromatic hydroxyl groups is 2. The van der Waals surface area contributed by atoms with Gasteiger partial charge in [-0.15, -0.1) is 0 Å². The molecule has 4 aromatic carbocycles. The number of carbonyl (C=O) groups excluding carboxylic acids is 4. The minimum Gasteiger partial charge on any atom is -0.507 e. The van der Waals surface area contributed by atoms with Gasteiger partial charge in [0.05, 0.1) is 29.5 Å². The molecule has 10 heteroatoms. The summed E-state index contributed by atoms with van der Waals surface area (Å²) in [7, 11) is 0. The van der Waals surface area contributed by atoms with Crippen LogP contribution in [0.2, 0.25) is 0 Å². The summed E-state index contributed by atoms with van der Waals surface area (Å²) in [6, 6.07) is 26.7. The summed E-state index contributed by atoms with van der Waals surface area (Å²) < 4.78 is 5.80. The first kappa shape index (κ1) is 33.8. The second-order valence-electron chi connectivity index (χ2n) is 14.0. The largest absolute Gasteiger partial charge is 0.507 e. The number of phenolic OH excluding ortho intramolecular Hbond substituents is 1. The number of Topliss-reactive ketones (excluding diaryl/α,β-unsaturated/α-hetero) is 1. The van der Waals surface area contributed by atoms with E-state index in [9.17, 15) is 29.7 Å². The smallest absolute Gasteiger partial charge is 0.339 e. The first-order valence-corrected chi connectivity index (χ1v) is 17.6. The molecule has 2 amide bonds. The Morgan fingerprint density at radius 3 is 2.25 bits per heavy atom. The predicted molar refractivity (Wildman–Crippen MR) is 193 cm³/mol. The highest BCUT2D eigenvalue weighted by molar-refractivity contribution is 6.32. The van der Waals surface area contributed by atoms with Crippen molar-refractivity contribution in [3.8, 4) is 17.2 Å². The molecule has 0 unspecified atom stereocenters. The van der Waals surface area contributed by atoms with Crippen LogP contribution in [0.1, 0.15) is 52.7 Å². The van der Waals surface area contributed by atoms with E-state index in [2.05, 4.69) is 0 Å². The number of phenols is 2. The molecule has 0 radical (unpaired) electrons. The number of rotatable bonds is 7. The molecule has 1 saturated heterocycles. The van der Waals surface area contributed by atoms with Crippen LogP contribution in [0.4, 0.5) is 5.69 Å². The minimum atomic E-state index is -1.45. The van der Waals surface area contributed by atoms with Crippen molar-refractivity contribution in [3.63, 3.8) is 0 Å². The van der Waals surface area contributed by atoms with Gasteiger partial charge < -0.3 is 20.1 Å². The van der Waals surface area contributed by atoms with Crippen LogP contribution in [0.3, 0.4) is 0 Å². The molecule has 266 valence electrons. The summed E-state index contributed by atoms with van der Waals surface area (Å²) >= 11 is 0. The standard InChI is InChI=1S/C43H35NO9/c1-2-53-35-19-24(13-18-33(35)45)38-27-16-17-29-37(41(50)44(40(29)49)26-14-15-28(42(51)52)34(46)20-26)31(27)21-32-39(48)30(23-9-5-3-6-10-23)22-36(47)43(32,38)25-11-7-4-8-12-25/h3-16,18-20,22,29,31-32,37-38,45-46H,2,17,21H2,1H3,(H,51,52)/t29-,31+,32-,37-,38-,43-/m0/s1. The van der Waals surface area contributed by atoms with Gasteiger partial charge in [0.1, 0.15) is 11.3 Å². The van der Waals surface area contributed by atoms with Crippen LogP contribution in [0.5, 0.6) is 17.2 Å². The van der Waals surface area contributed by atoms with Gasteiger partial charge in [-0.25, -0.2) is 9.69 Å². The fourth-order valence-electron chi connectivity index (χ4n) is 9.33. The Morgan fingerprint density at radius 2 is 1.57 bits per heavy atom. The van der Waals surface area contributed by atoms with Crippen LogP contribution in [0, 0.1) is 23.7 Å². The molecule has 4 aliphatic rings. The summed E-state index contributed by atoms with van der Waals surface area (Å²) in [5.74, 6) is -7.46. The minimum absolute atomic E-state index is 0.0440. The Hall–Kier alpha value is -6.29. The molecule has 0 aromatic heterocycles. The Balaban J connectivity index is 1.34. The zero-order valence-corrected chi connectivity index (χ0v) is 28.6. The van der Waals surface area contributed by atoms with Gasteiger partial charge in [0.15, 0.2) is 23.1 Å². The van der Waals surface area contributed by atoms with Crippen molar-refractivity contribution >= 4 is 40.6 Å². The zero-order valence-electron chi connectivity index (χ0n) is 28.6. The van der Waals surface area contributed by atoms with Crippen LogP contribution >= 0.6 is 0 Å². The molecule has 4 aromatic rings. The number of benzene rings is 4. The summed E-state index contributed by atoms with van der Waals surface area (Å²) in [4.78, 5) is 71.5. The lowest BCUT2D eigenvalue weighted by molar-refractivity contribution is -0.135. The number of fused-ring (bicyclic) bond motifs is 4. The van der Waals surface area contributed by atoms with Gasteiger partial charge in [0, 0.05) is 23.5 Å². The van der Waals surface area contributed by atoms with Crippen LogP contribution in [0.15, 0.2) is 115 Å². The number of imide groups is 1. The van der Waals surface area contributed by atoms with Crippen molar-refractivity contribution in [2.45, 2.75) is 31.1 Å². The highest BCUT2D eigenvalue weighted by atomic mass is 16.5. The second-order valence-corrected chi connectivity index (χ2v) is 14.0. The molecule has 0 spiro atoms. The predicted octanol–water partition coefficient (Wildman–Crippen LogP) is 6.22. The van der Waals surface area contributed by atoms with E-state index in [1.165, 1.54) is 18.2 Å². The lowest BCUT2D eigenvalue weighted by Crippen LogP contribution is -2.58. The molecule has 6 atom stereocenters. The number of hydrogen-bond donors (Lipinski definition) is 3. The Kier molecular flexibility index (Phi) is 8.13. The zero-order chi connectivity index (χ0) is 37.2. The number of ketones is 2. The number of hydrogen-bond acceptors (Lipinski definition) is 8. The third kappa shape index (κ3) is 5.03. The molecule has 3 aliphatic carbocycles. The number of amides is 2. The van der Waals surface area contributed by atoms with E-state index < -0.39 is 58.5 Å². The molecule has 8 rings (SSSR count). The highest BCUT2D eigenvalue weighted by Gasteiger charge is 2.66. The van der Waals surface area contributed by atoms with Crippen LogP contribution in [-0.4, -0.2) is 51.3 Å². The van der Waals surface area contributed by atoms with Gasteiger partial charge in [-0.3, -0.25) is 19.2 Å². The number of ether oxygens (including phenoxy) is 1. The van der Waals surface area contributed by atoms with Gasteiger partial charge in [0.2, 0.25) is 11.8 Å². The van der Waals surface area contributed by atoms with E-state index in [0.717, 1.165) is 22.6 Å². The van der Waals surface area contributed by atoms with Crippen LogP contribution < -0.4 is 9.64 Å². The number of carboxylic acids is 1. The molecule has 3 N–H and O–H groups in total. The molecular formula is C43H35NO9. The molecular weight excluding hydrogens is 674 g/mol. The number of aromatic carboxylic acids is 1. The Morgan fingerprint density at radius 1 is 0.849 bits per heavy atom. The molecule has 10 nitrogen and oxygen atoms in total. The molecule has 0 bridgehead atoms. The number of nitrogens with zero attached hydrogens (tertiary/aromatic N) is 1. The normalized spacial score (nSPS) is 26.3. The Labute approximate surface area is 304 Å². The van der Waals surface area contributed by atoms with Crippen LogP contribution in [-0.2, 0) is 24.6 Å². The number of carbonyl (C=O) groups is 5. The Bertz CT molecular complexity index is 2280. The molecule has 1 heterocycles. The molecule has 1 saturated carbocycles. The number of carboxylic acid groups (broad SMARTS) is 1. The number of allylic oxidation sites excluding steroid dienone is 4. The summed E-state index contributed by atoms with van der Waals surface area (Å²) in [6.07, 6.45) is 3.65. The molecule has 1 aliphatic heterocycles. The SMILES string of the molecule is CCOc1cc([C@H]2C3=CC[C@@H]4C(=O)N(c5ccc(C(=O)O)c(O)c5)C(=O)[C@@H]4[C@@H]3C[C@H]3C(=O)C(c4ccccc4)=CC(=O)[C@@]23c2ccccc2)ccc1O. The van der Waals surface area contributed by atoms with Crippen molar-refractivity contribution < 1.29 is 44.0 Å². The first-order valence-electron chi connectivity index (χ1n) is 17.6. The van der Waals surface area contributed by atoms with Gasteiger partial charge in [-0.05, 0) is 72.7 Å². The lowest BCUT2D eigenvalue weighted by atomic mass is 9.44. The third-order valence-electron chi connectivity index (χ3n) is 11.5. The van der Waals surface area contributed by atoms with E-state index in [4.69, 9.17) is 4.74 Å². The highest BCUT2D eigenvalue weighted by Crippen LogP contribution is 2.64. The average molecular weight is 710 g/mol. The maximum absolute atomic E-state index is 15.2. The van der Waals surface area contributed by atoms with E-state index in [0.29, 0.717) is 16.7 Å². The van der Waals surface area contributed by atoms with E-state index >= 15 is 9.59 Å². The van der Waals surface area contributed by atoms with Crippen LogP contribution in [0.25, 0.3) is 5.57 Å². The monoisotopic (exact) mass is 709 g/mol. The number of anilines is 1. The quantitative estimate of drug-likeness (QED) is 0.150. The van der Waals surface area contributed by atoms with Gasteiger partial charge >= 0.3 is 5.97 Å². The van der Waals surface area contributed by atoms with E-state index in [1.807, 2.05) is 42.5 Å². The maximum atomic E-state index is 15.2. The first-order chi connectivity index (χ1) is 25.6.